The van der Waals surface area contributed by atoms with E-state index in [9.17, 15) is 14.0 Å². The fourth-order valence-corrected chi connectivity index (χ4v) is 2.51. The molecule has 0 spiro atoms. The van der Waals surface area contributed by atoms with Crippen LogP contribution < -0.4 is 4.74 Å². The van der Waals surface area contributed by atoms with Crippen molar-refractivity contribution in [1.82, 2.24) is 4.98 Å². The molecule has 0 aliphatic heterocycles. The third-order valence-electron chi connectivity index (χ3n) is 3.55. The molecular formula is C17H18FNO3. The molecule has 0 radical (unpaired) electrons. The first-order valence-electron chi connectivity index (χ1n) is 6.98. The quantitative estimate of drug-likeness (QED) is 0.858. The molecule has 5 heteroatoms. The van der Waals surface area contributed by atoms with Gasteiger partial charge in [0.1, 0.15) is 0 Å². The van der Waals surface area contributed by atoms with Gasteiger partial charge in [-0.15, -0.1) is 0 Å². The summed E-state index contributed by atoms with van der Waals surface area (Å²) in [4.78, 5) is 27.0. The smallest absolute Gasteiger partial charge is 0.219 e. The maximum absolute atomic E-state index is 13.6. The van der Waals surface area contributed by atoms with Crippen LogP contribution in [-0.4, -0.2) is 22.7 Å². The second-order valence-electron chi connectivity index (χ2n) is 5.24. The Morgan fingerprint density at radius 2 is 1.86 bits per heavy atom. The van der Waals surface area contributed by atoms with Crippen LogP contribution in [-0.2, 0) is 0 Å². The molecule has 1 aromatic heterocycles. The summed E-state index contributed by atoms with van der Waals surface area (Å²) >= 11 is 0. The van der Waals surface area contributed by atoms with Gasteiger partial charge >= 0.3 is 0 Å². The van der Waals surface area contributed by atoms with Crippen molar-refractivity contribution in [2.24, 2.45) is 0 Å². The molecule has 0 saturated heterocycles. The Morgan fingerprint density at radius 3 is 2.41 bits per heavy atom. The first kappa shape index (κ1) is 15.9. The minimum atomic E-state index is -0.867. The molecule has 2 aromatic rings. The van der Waals surface area contributed by atoms with Crippen molar-refractivity contribution >= 4 is 11.6 Å². The summed E-state index contributed by atoms with van der Waals surface area (Å²) in [6.45, 7) is 6.46. The molecule has 0 aliphatic carbocycles. The summed E-state index contributed by atoms with van der Waals surface area (Å²) in [6, 6.07) is 5.91. The predicted octanol–water partition coefficient (Wildman–Crippen LogP) is 3.62. The topological polar surface area (TPSA) is 59.2 Å². The van der Waals surface area contributed by atoms with Crippen LogP contribution in [0.1, 0.15) is 46.0 Å². The molecule has 1 atom stereocenters. The number of rotatable bonds is 5. The van der Waals surface area contributed by atoms with E-state index in [0.717, 1.165) is 0 Å². The molecule has 1 N–H and O–H groups in total. The number of carbonyl (C=O) groups excluding carboxylic acids is 2. The Kier molecular flexibility index (Phi) is 4.45. The number of carbonyl (C=O) groups is 2. The van der Waals surface area contributed by atoms with E-state index in [4.69, 9.17) is 4.74 Å². The maximum Gasteiger partial charge on any atom is 0.219 e. The van der Waals surface area contributed by atoms with Crippen LogP contribution in [0, 0.1) is 19.7 Å². The normalized spacial score (nSPS) is 12.0. The fourth-order valence-electron chi connectivity index (χ4n) is 2.51. The Morgan fingerprint density at radius 1 is 1.23 bits per heavy atom. The number of para-hydroxylation sites is 1. The van der Waals surface area contributed by atoms with Crippen LogP contribution in [0.2, 0.25) is 0 Å². The molecule has 0 amide bonds. The van der Waals surface area contributed by atoms with Crippen molar-refractivity contribution in [2.45, 2.75) is 33.8 Å². The lowest BCUT2D eigenvalue weighted by atomic mass is 10.0. The average molecular weight is 303 g/mol. The van der Waals surface area contributed by atoms with Crippen molar-refractivity contribution in [1.29, 1.82) is 0 Å². The number of ether oxygens (including phenoxy) is 1. The van der Waals surface area contributed by atoms with Gasteiger partial charge in [0, 0.05) is 11.3 Å². The summed E-state index contributed by atoms with van der Waals surface area (Å²) in [7, 11) is 0. The van der Waals surface area contributed by atoms with Crippen molar-refractivity contribution in [3.8, 4) is 5.75 Å². The van der Waals surface area contributed by atoms with Gasteiger partial charge < -0.3 is 9.72 Å². The monoisotopic (exact) mass is 303 g/mol. The summed E-state index contributed by atoms with van der Waals surface area (Å²) in [5.41, 5.74) is 2.08. The number of hydrogen-bond acceptors (Lipinski definition) is 3. The maximum atomic E-state index is 13.6. The highest BCUT2D eigenvalue weighted by molar-refractivity contribution is 6.04. The third-order valence-corrected chi connectivity index (χ3v) is 3.55. The molecule has 0 aliphatic rings. The molecule has 0 bridgehead atoms. The Labute approximate surface area is 128 Å². The number of halogens is 1. The summed E-state index contributed by atoms with van der Waals surface area (Å²) in [5.74, 6) is -0.925. The molecule has 0 unspecified atom stereocenters. The van der Waals surface area contributed by atoms with Crippen LogP contribution in [0.15, 0.2) is 24.3 Å². The highest BCUT2D eigenvalue weighted by Crippen LogP contribution is 2.22. The largest absolute Gasteiger partial charge is 0.479 e. The molecule has 4 nitrogen and oxygen atoms in total. The molecular weight excluding hydrogens is 285 g/mol. The summed E-state index contributed by atoms with van der Waals surface area (Å²) < 4.78 is 19.0. The van der Waals surface area contributed by atoms with Crippen molar-refractivity contribution in [3.05, 3.63) is 52.6 Å². The van der Waals surface area contributed by atoms with Gasteiger partial charge in [0.25, 0.3) is 0 Å². The third kappa shape index (κ3) is 2.93. The summed E-state index contributed by atoms with van der Waals surface area (Å²) in [6.07, 6.45) is -0.867. The predicted molar refractivity (Wildman–Crippen MR) is 81.1 cm³/mol. The van der Waals surface area contributed by atoms with Gasteiger partial charge in [-0.1, -0.05) is 12.1 Å². The Bertz CT molecular complexity index is 734. The minimum absolute atomic E-state index is 0.0241. The number of aromatic amines is 1. The van der Waals surface area contributed by atoms with Gasteiger partial charge in [-0.05, 0) is 45.4 Å². The molecule has 22 heavy (non-hydrogen) atoms. The zero-order valence-corrected chi connectivity index (χ0v) is 13.0. The average Bonchev–Trinajstić information content (AvgIpc) is 2.75. The highest BCUT2D eigenvalue weighted by atomic mass is 19.1. The lowest BCUT2D eigenvalue weighted by Crippen LogP contribution is -2.25. The number of nitrogens with one attached hydrogen (secondary N) is 1. The van der Waals surface area contributed by atoms with E-state index in [0.29, 0.717) is 22.5 Å². The second kappa shape index (κ2) is 6.13. The zero-order valence-electron chi connectivity index (χ0n) is 13.0. The van der Waals surface area contributed by atoms with E-state index in [1.54, 1.807) is 32.9 Å². The van der Waals surface area contributed by atoms with E-state index in [2.05, 4.69) is 4.98 Å². The molecule has 116 valence electrons. The van der Waals surface area contributed by atoms with Crippen molar-refractivity contribution in [3.63, 3.8) is 0 Å². The number of H-pyrrole nitrogens is 1. The molecule has 1 aromatic carbocycles. The molecule has 1 heterocycles. The lowest BCUT2D eigenvalue weighted by Gasteiger charge is -2.14. The van der Waals surface area contributed by atoms with Gasteiger partial charge in [-0.3, -0.25) is 9.59 Å². The van der Waals surface area contributed by atoms with Gasteiger partial charge in [0.2, 0.25) is 5.78 Å². The van der Waals surface area contributed by atoms with Crippen LogP contribution >= 0.6 is 0 Å². The summed E-state index contributed by atoms with van der Waals surface area (Å²) in [5, 5.41) is 0. The standard InChI is InChI=1S/C17H18FNO3/c1-9-15(11(3)20)10(2)19-16(9)17(21)12(4)22-14-8-6-5-7-13(14)18/h5-8,12,19H,1-4H3/t12-/m0/s1. The number of benzene rings is 1. The van der Waals surface area contributed by atoms with Crippen LogP contribution in [0.4, 0.5) is 4.39 Å². The molecule has 0 fully saturated rings. The van der Waals surface area contributed by atoms with E-state index < -0.39 is 11.9 Å². The first-order valence-corrected chi connectivity index (χ1v) is 6.98. The number of Topliss-reactive ketones (excluding diaryl/α,β-unsaturated/α-hetero) is 2. The lowest BCUT2D eigenvalue weighted by molar-refractivity contribution is 0.0807. The van der Waals surface area contributed by atoms with Crippen molar-refractivity contribution < 1.29 is 18.7 Å². The number of aryl methyl sites for hydroxylation is 1. The van der Waals surface area contributed by atoms with Gasteiger partial charge in [0.15, 0.2) is 23.5 Å². The van der Waals surface area contributed by atoms with Crippen LogP contribution in [0.25, 0.3) is 0 Å². The highest BCUT2D eigenvalue weighted by Gasteiger charge is 2.25. The van der Waals surface area contributed by atoms with E-state index >= 15 is 0 Å². The first-order chi connectivity index (χ1) is 10.3. The zero-order chi connectivity index (χ0) is 16.4. The van der Waals surface area contributed by atoms with Crippen LogP contribution in [0.5, 0.6) is 5.75 Å². The number of aromatic nitrogens is 1. The molecule has 2 rings (SSSR count). The van der Waals surface area contributed by atoms with Crippen molar-refractivity contribution in [2.75, 3.05) is 0 Å². The Hall–Kier alpha value is -2.43. The van der Waals surface area contributed by atoms with Crippen LogP contribution in [0.3, 0.4) is 0 Å². The van der Waals surface area contributed by atoms with E-state index in [1.165, 1.54) is 19.1 Å². The second-order valence-corrected chi connectivity index (χ2v) is 5.24. The molecule has 0 saturated carbocycles. The number of ketones is 2. The minimum Gasteiger partial charge on any atom is -0.479 e. The fraction of sp³-hybridized carbons (Fsp3) is 0.294. The van der Waals surface area contributed by atoms with Gasteiger partial charge in [-0.2, -0.15) is 0 Å². The SMILES string of the molecule is CC(=O)c1c(C)[nH]c(C(=O)[C@H](C)Oc2ccccc2F)c1C. The van der Waals surface area contributed by atoms with Gasteiger partial charge in [0.05, 0.1) is 5.69 Å². The van der Waals surface area contributed by atoms with Gasteiger partial charge in [-0.25, -0.2) is 4.39 Å². The number of hydrogen-bond donors (Lipinski definition) is 1. The Balaban J connectivity index is 2.27. The van der Waals surface area contributed by atoms with E-state index in [1.807, 2.05) is 0 Å². The van der Waals surface area contributed by atoms with E-state index in [-0.39, 0.29) is 17.3 Å².